The summed E-state index contributed by atoms with van der Waals surface area (Å²) in [5.74, 6) is 0.141. The summed E-state index contributed by atoms with van der Waals surface area (Å²) in [6, 6.07) is 1.88. The van der Waals surface area contributed by atoms with E-state index in [0.717, 1.165) is 24.7 Å². The van der Waals surface area contributed by atoms with Crippen LogP contribution in [0.5, 0.6) is 0 Å². The van der Waals surface area contributed by atoms with Crippen LogP contribution in [0.15, 0.2) is 18.5 Å². The highest BCUT2D eigenvalue weighted by Crippen LogP contribution is 2.39. The molecule has 0 spiro atoms. The zero-order chi connectivity index (χ0) is 11.1. The van der Waals surface area contributed by atoms with E-state index in [1.807, 2.05) is 6.07 Å². The Morgan fingerprint density at radius 3 is 3.00 bits per heavy atom. The quantitative estimate of drug-likeness (QED) is 0.825. The van der Waals surface area contributed by atoms with Gasteiger partial charge < -0.3 is 5.73 Å². The van der Waals surface area contributed by atoms with Gasteiger partial charge in [0.15, 0.2) is 11.6 Å². The Bertz CT molecular complexity index is 532. The first-order valence-electron chi connectivity index (χ1n) is 5.08. The Labute approximate surface area is 91.1 Å². The molecule has 0 aliphatic heterocycles. The third-order valence-electron chi connectivity index (χ3n) is 2.57. The van der Waals surface area contributed by atoms with Crippen LogP contribution in [0, 0.1) is 5.82 Å². The molecule has 6 heteroatoms. The highest BCUT2D eigenvalue weighted by molar-refractivity contribution is 5.29. The van der Waals surface area contributed by atoms with E-state index in [1.54, 1.807) is 6.20 Å². The Morgan fingerprint density at radius 2 is 2.25 bits per heavy atom. The number of nitrogens with zero attached hydrogens (tertiary/aromatic N) is 4. The van der Waals surface area contributed by atoms with Crippen LogP contribution in [0.2, 0.25) is 0 Å². The Morgan fingerprint density at radius 1 is 1.44 bits per heavy atom. The topological polar surface area (TPSA) is 69.6 Å². The maximum atomic E-state index is 13.4. The van der Waals surface area contributed by atoms with Gasteiger partial charge in [-0.05, 0) is 18.9 Å². The summed E-state index contributed by atoms with van der Waals surface area (Å²) < 4.78 is 14.8. The average molecular weight is 219 g/mol. The fourth-order valence-corrected chi connectivity index (χ4v) is 1.58. The molecular weight excluding hydrogens is 209 g/mol. The largest absolute Gasteiger partial charge is 0.368 e. The van der Waals surface area contributed by atoms with Crippen LogP contribution in [0.3, 0.4) is 0 Å². The van der Waals surface area contributed by atoms with Crippen molar-refractivity contribution in [3.8, 4) is 5.82 Å². The molecule has 3 rings (SSSR count). The van der Waals surface area contributed by atoms with Gasteiger partial charge in [0.1, 0.15) is 0 Å². The molecule has 1 aliphatic rings. The van der Waals surface area contributed by atoms with Crippen LogP contribution in [0.25, 0.3) is 5.82 Å². The van der Waals surface area contributed by atoms with E-state index in [4.69, 9.17) is 5.73 Å². The van der Waals surface area contributed by atoms with E-state index in [9.17, 15) is 4.39 Å². The van der Waals surface area contributed by atoms with Crippen molar-refractivity contribution in [3.63, 3.8) is 0 Å². The van der Waals surface area contributed by atoms with Gasteiger partial charge in [-0.2, -0.15) is 10.1 Å². The van der Waals surface area contributed by atoms with Crippen molar-refractivity contribution in [2.24, 2.45) is 0 Å². The zero-order valence-corrected chi connectivity index (χ0v) is 8.47. The van der Waals surface area contributed by atoms with Crippen molar-refractivity contribution < 1.29 is 4.39 Å². The van der Waals surface area contributed by atoms with Gasteiger partial charge in [0.05, 0.1) is 11.9 Å². The molecule has 2 N–H and O–H groups in total. The molecule has 2 aromatic heterocycles. The third-order valence-corrected chi connectivity index (χ3v) is 2.57. The standard InChI is InChI=1S/C10H10FN5/c11-7-5-13-10(12)14-9(7)16-4-3-8(15-16)6-1-2-6/h3-6H,1-2H2,(H2,12,13,14). The first-order chi connectivity index (χ1) is 7.74. The number of nitrogen functional groups attached to an aromatic ring is 1. The average Bonchev–Trinajstić information content (AvgIpc) is 3.01. The number of anilines is 1. The van der Waals surface area contributed by atoms with Crippen molar-refractivity contribution in [3.05, 3.63) is 30.0 Å². The fourth-order valence-electron chi connectivity index (χ4n) is 1.58. The highest BCUT2D eigenvalue weighted by Gasteiger charge is 2.26. The van der Waals surface area contributed by atoms with Crippen LogP contribution in [0.1, 0.15) is 24.5 Å². The van der Waals surface area contributed by atoms with Gasteiger partial charge in [-0.3, -0.25) is 0 Å². The van der Waals surface area contributed by atoms with Crippen molar-refractivity contribution in [1.29, 1.82) is 0 Å². The number of hydrogen-bond acceptors (Lipinski definition) is 4. The molecule has 1 fully saturated rings. The Balaban J connectivity index is 2.03. The van der Waals surface area contributed by atoms with Crippen LogP contribution in [0.4, 0.5) is 10.3 Å². The molecule has 16 heavy (non-hydrogen) atoms. The highest BCUT2D eigenvalue weighted by atomic mass is 19.1. The van der Waals surface area contributed by atoms with Gasteiger partial charge in [-0.15, -0.1) is 0 Å². The van der Waals surface area contributed by atoms with Crippen LogP contribution in [-0.2, 0) is 0 Å². The van der Waals surface area contributed by atoms with E-state index in [-0.39, 0.29) is 11.8 Å². The fraction of sp³-hybridized carbons (Fsp3) is 0.300. The summed E-state index contributed by atoms with van der Waals surface area (Å²) in [4.78, 5) is 7.40. The Kier molecular flexibility index (Phi) is 1.89. The van der Waals surface area contributed by atoms with E-state index < -0.39 is 5.82 Å². The summed E-state index contributed by atoms with van der Waals surface area (Å²) in [6.45, 7) is 0. The van der Waals surface area contributed by atoms with Gasteiger partial charge in [0.25, 0.3) is 0 Å². The van der Waals surface area contributed by atoms with E-state index in [2.05, 4.69) is 15.1 Å². The maximum absolute atomic E-state index is 13.4. The SMILES string of the molecule is Nc1ncc(F)c(-n2ccc(C3CC3)n2)n1. The summed E-state index contributed by atoms with van der Waals surface area (Å²) in [5.41, 5.74) is 6.40. The van der Waals surface area contributed by atoms with Gasteiger partial charge in [-0.1, -0.05) is 0 Å². The molecule has 0 amide bonds. The lowest BCUT2D eigenvalue weighted by Crippen LogP contribution is -2.06. The second kappa shape index (κ2) is 3.26. The molecule has 0 radical (unpaired) electrons. The van der Waals surface area contributed by atoms with E-state index >= 15 is 0 Å². The molecule has 0 unspecified atom stereocenters. The van der Waals surface area contributed by atoms with Crippen LogP contribution in [-0.4, -0.2) is 19.7 Å². The van der Waals surface area contributed by atoms with Crippen LogP contribution < -0.4 is 5.73 Å². The first-order valence-corrected chi connectivity index (χ1v) is 5.08. The lowest BCUT2D eigenvalue weighted by atomic mass is 10.3. The van der Waals surface area contributed by atoms with E-state index in [0.29, 0.717) is 5.92 Å². The zero-order valence-electron chi connectivity index (χ0n) is 8.47. The lowest BCUT2D eigenvalue weighted by molar-refractivity contribution is 0.592. The number of halogens is 1. The molecule has 0 saturated heterocycles. The second-order valence-corrected chi connectivity index (χ2v) is 3.86. The predicted molar refractivity (Wildman–Crippen MR) is 55.5 cm³/mol. The molecule has 5 nitrogen and oxygen atoms in total. The molecule has 0 bridgehead atoms. The monoisotopic (exact) mass is 219 g/mol. The predicted octanol–water partition coefficient (Wildman–Crippen LogP) is 1.26. The Hall–Kier alpha value is -1.98. The van der Waals surface area contributed by atoms with Crippen molar-refractivity contribution in [1.82, 2.24) is 19.7 Å². The molecule has 1 saturated carbocycles. The van der Waals surface area contributed by atoms with Gasteiger partial charge in [-0.25, -0.2) is 14.1 Å². The lowest BCUT2D eigenvalue weighted by Gasteiger charge is -2.01. The van der Waals surface area contributed by atoms with Gasteiger partial charge in [0.2, 0.25) is 5.95 Å². The van der Waals surface area contributed by atoms with Crippen molar-refractivity contribution in [2.45, 2.75) is 18.8 Å². The van der Waals surface area contributed by atoms with Gasteiger partial charge in [0, 0.05) is 12.1 Å². The first kappa shape index (κ1) is 9.26. The molecule has 1 aliphatic carbocycles. The summed E-state index contributed by atoms with van der Waals surface area (Å²) >= 11 is 0. The van der Waals surface area contributed by atoms with E-state index in [1.165, 1.54) is 4.68 Å². The molecule has 0 aromatic carbocycles. The molecule has 82 valence electrons. The third kappa shape index (κ3) is 1.52. The van der Waals surface area contributed by atoms with Crippen LogP contribution >= 0.6 is 0 Å². The summed E-state index contributed by atoms with van der Waals surface area (Å²) in [5, 5.41) is 4.28. The van der Waals surface area contributed by atoms with Gasteiger partial charge >= 0.3 is 0 Å². The number of hydrogen-bond donors (Lipinski definition) is 1. The van der Waals surface area contributed by atoms with Crippen molar-refractivity contribution >= 4 is 5.95 Å². The minimum absolute atomic E-state index is 0.0415. The summed E-state index contributed by atoms with van der Waals surface area (Å²) in [7, 11) is 0. The molecule has 2 aromatic rings. The molecule has 2 heterocycles. The minimum atomic E-state index is -0.528. The molecule has 0 atom stereocenters. The maximum Gasteiger partial charge on any atom is 0.222 e. The molecular formula is C10H10FN5. The summed E-state index contributed by atoms with van der Waals surface area (Å²) in [6.07, 6.45) is 5.06. The number of nitrogens with two attached hydrogens (primary N) is 1. The second-order valence-electron chi connectivity index (χ2n) is 3.86. The number of rotatable bonds is 2. The normalized spacial score (nSPS) is 15.3. The minimum Gasteiger partial charge on any atom is -0.368 e. The smallest absolute Gasteiger partial charge is 0.222 e. The van der Waals surface area contributed by atoms with Crippen molar-refractivity contribution in [2.75, 3.05) is 5.73 Å². The number of aromatic nitrogens is 4.